The average Bonchev–Trinajstić information content (AvgIpc) is 2.18. The van der Waals surface area contributed by atoms with Crippen molar-refractivity contribution in [2.45, 2.75) is 39.5 Å². The van der Waals surface area contributed by atoms with Gasteiger partial charge in [0.1, 0.15) is 0 Å². The van der Waals surface area contributed by atoms with Crippen LogP contribution < -0.4 is 11.3 Å². The van der Waals surface area contributed by atoms with Gasteiger partial charge in [0.15, 0.2) is 0 Å². The molecule has 0 bridgehead atoms. The van der Waals surface area contributed by atoms with Gasteiger partial charge in [-0.3, -0.25) is 10.2 Å². The van der Waals surface area contributed by atoms with Crippen molar-refractivity contribution in [3.05, 3.63) is 0 Å². The summed E-state index contributed by atoms with van der Waals surface area (Å²) >= 11 is 0. The lowest BCUT2D eigenvalue weighted by molar-refractivity contribution is -0.121. The van der Waals surface area contributed by atoms with Crippen LogP contribution in [0.15, 0.2) is 0 Å². The second-order valence-corrected chi connectivity index (χ2v) is 3.51. The van der Waals surface area contributed by atoms with E-state index in [1.54, 1.807) is 0 Å². The number of carbonyl (C=O) groups is 1. The van der Waals surface area contributed by atoms with Gasteiger partial charge in [-0.1, -0.05) is 13.8 Å². The third-order valence-electron chi connectivity index (χ3n) is 2.12. The summed E-state index contributed by atoms with van der Waals surface area (Å²) < 4.78 is 0. The maximum Gasteiger partial charge on any atom is 0.233 e. The van der Waals surface area contributed by atoms with Crippen LogP contribution in [0, 0.1) is 0 Å². The third-order valence-corrected chi connectivity index (χ3v) is 2.12. The minimum atomic E-state index is -0.0713. The Hall–Kier alpha value is -0.610. The molecular weight excluding hydrogens is 178 g/mol. The lowest BCUT2D eigenvalue weighted by Crippen LogP contribution is -2.31. The van der Waals surface area contributed by atoms with Crippen molar-refractivity contribution in [3.63, 3.8) is 0 Å². The van der Waals surface area contributed by atoms with Crippen LogP contribution in [0.4, 0.5) is 0 Å². The van der Waals surface area contributed by atoms with Crippen LogP contribution >= 0.6 is 0 Å². The molecule has 4 heteroatoms. The number of rotatable bonds is 8. The number of hydrazine groups is 1. The van der Waals surface area contributed by atoms with E-state index in [0.717, 1.165) is 26.1 Å². The molecular formula is C10H23N3O. The maximum absolute atomic E-state index is 10.9. The van der Waals surface area contributed by atoms with E-state index in [4.69, 9.17) is 5.84 Å². The number of hydrogen-bond donors (Lipinski definition) is 2. The molecule has 0 spiro atoms. The number of amides is 1. The van der Waals surface area contributed by atoms with Crippen molar-refractivity contribution in [2.75, 3.05) is 19.6 Å². The lowest BCUT2D eigenvalue weighted by atomic mass is 10.2. The summed E-state index contributed by atoms with van der Waals surface area (Å²) in [5.74, 6) is 4.92. The first-order chi connectivity index (χ1) is 6.74. The molecule has 0 aromatic heterocycles. The summed E-state index contributed by atoms with van der Waals surface area (Å²) in [6.45, 7) is 7.59. The zero-order valence-corrected chi connectivity index (χ0v) is 9.38. The molecule has 0 aliphatic rings. The number of nitrogens with one attached hydrogen (secondary N) is 1. The average molecular weight is 201 g/mol. The Kier molecular flexibility index (Phi) is 8.57. The van der Waals surface area contributed by atoms with Crippen LogP contribution in [0.1, 0.15) is 39.5 Å². The molecule has 0 aliphatic heterocycles. The normalized spacial score (nSPS) is 10.6. The Morgan fingerprint density at radius 2 is 1.79 bits per heavy atom. The maximum atomic E-state index is 10.9. The highest BCUT2D eigenvalue weighted by Crippen LogP contribution is 1.98. The van der Waals surface area contributed by atoms with Crippen molar-refractivity contribution < 1.29 is 4.79 Å². The summed E-state index contributed by atoms with van der Waals surface area (Å²) in [6.07, 6.45) is 3.76. The van der Waals surface area contributed by atoms with Gasteiger partial charge in [-0.05, 0) is 38.9 Å². The predicted octanol–water partition coefficient (Wildman–Crippen LogP) is 0.879. The largest absolute Gasteiger partial charge is 0.303 e. The fourth-order valence-corrected chi connectivity index (χ4v) is 1.50. The van der Waals surface area contributed by atoms with Crippen molar-refractivity contribution in [1.29, 1.82) is 0 Å². The Morgan fingerprint density at radius 3 is 2.21 bits per heavy atom. The fourth-order valence-electron chi connectivity index (χ4n) is 1.50. The number of nitrogens with two attached hydrogens (primary N) is 1. The Morgan fingerprint density at radius 1 is 1.21 bits per heavy atom. The van der Waals surface area contributed by atoms with Gasteiger partial charge in [-0.25, -0.2) is 5.84 Å². The van der Waals surface area contributed by atoms with Gasteiger partial charge in [0.2, 0.25) is 5.91 Å². The topological polar surface area (TPSA) is 58.4 Å². The first-order valence-corrected chi connectivity index (χ1v) is 5.46. The molecule has 0 saturated heterocycles. The first-order valence-electron chi connectivity index (χ1n) is 5.46. The zero-order chi connectivity index (χ0) is 10.8. The van der Waals surface area contributed by atoms with E-state index in [1.807, 2.05) is 0 Å². The number of nitrogens with zero attached hydrogens (tertiary/aromatic N) is 1. The van der Waals surface area contributed by atoms with Crippen LogP contribution in [0.2, 0.25) is 0 Å². The van der Waals surface area contributed by atoms with E-state index in [2.05, 4.69) is 24.2 Å². The monoisotopic (exact) mass is 201 g/mol. The van der Waals surface area contributed by atoms with E-state index in [1.165, 1.54) is 12.8 Å². The molecule has 3 N–H and O–H groups in total. The standard InChI is InChI=1S/C10H23N3O/c1-3-7-13(8-4-2)9-5-6-10(14)12-11/h3-9,11H2,1-2H3,(H,12,14). The summed E-state index contributed by atoms with van der Waals surface area (Å²) in [5.41, 5.74) is 2.15. The Bertz CT molecular complexity index is 144. The summed E-state index contributed by atoms with van der Waals surface area (Å²) in [7, 11) is 0. The van der Waals surface area contributed by atoms with Gasteiger partial charge in [-0.15, -0.1) is 0 Å². The van der Waals surface area contributed by atoms with Crippen molar-refractivity contribution in [3.8, 4) is 0 Å². The van der Waals surface area contributed by atoms with Crippen LogP contribution in [-0.2, 0) is 4.79 Å². The van der Waals surface area contributed by atoms with E-state index < -0.39 is 0 Å². The molecule has 0 aromatic rings. The molecule has 0 atom stereocenters. The highest BCUT2D eigenvalue weighted by molar-refractivity contribution is 5.75. The van der Waals surface area contributed by atoms with Gasteiger partial charge < -0.3 is 4.90 Å². The minimum Gasteiger partial charge on any atom is -0.303 e. The molecule has 14 heavy (non-hydrogen) atoms. The molecule has 0 saturated carbocycles. The smallest absolute Gasteiger partial charge is 0.233 e. The molecule has 0 aromatic carbocycles. The predicted molar refractivity (Wildman–Crippen MR) is 58.6 cm³/mol. The van der Waals surface area contributed by atoms with E-state index in [-0.39, 0.29) is 5.91 Å². The van der Waals surface area contributed by atoms with Crippen molar-refractivity contribution in [1.82, 2.24) is 10.3 Å². The summed E-state index contributed by atoms with van der Waals surface area (Å²) in [5, 5.41) is 0. The van der Waals surface area contributed by atoms with Crippen molar-refractivity contribution in [2.24, 2.45) is 5.84 Å². The molecule has 4 nitrogen and oxygen atoms in total. The molecule has 0 fully saturated rings. The molecule has 0 aliphatic carbocycles. The van der Waals surface area contributed by atoms with Gasteiger partial charge in [-0.2, -0.15) is 0 Å². The number of carbonyl (C=O) groups excluding carboxylic acids is 1. The highest BCUT2D eigenvalue weighted by atomic mass is 16.2. The SMILES string of the molecule is CCCN(CCC)CCCC(=O)NN. The molecule has 0 unspecified atom stereocenters. The highest BCUT2D eigenvalue weighted by Gasteiger charge is 2.03. The molecule has 0 rings (SSSR count). The first kappa shape index (κ1) is 13.4. The van der Waals surface area contributed by atoms with E-state index in [0.29, 0.717) is 6.42 Å². The molecule has 1 amide bonds. The van der Waals surface area contributed by atoms with Crippen LogP contribution in [0.3, 0.4) is 0 Å². The van der Waals surface area contributed by atoms with Gasteiger partial charge in [0, 0.05) is 6.42 Å². The fraction of sp³-hybridized carbons (Fsp3) is 0.900. The minimum absolute atomic E-state index is 0.0713. The molecule has 0 radical (unpaired) electrons. The van der Waals surface area contributed by atoms with Gasteiger partial charge in [0.25, 0.3) is 0 Å². The van der Waals surface area contributed by atoms with Crippen LogP contribution in [0.25, 0.3) is 0 Å². The Balaban J connectivity index is 3.54. The lowest BCUT2D eigenvalue weighted by Gasteiger charge is -2.20. The van der Waals surface area contributed by atoms with Gasteiger partial charge in [0.05, 0.1) is 0 Å². The molecule has 84 valence electrons. The quantitative estimate of drug-likeness (QED) is 0.348. The van der Waals surface area contributed by atoms with Gasteiger partial charge >= 0.3 is 0 Å². The summed E-state index contributed by atoms with van der Waals surface area (Å²) in [4.78, 5) is 13.2. The Labute approximate surface area is 86.8 Å². The van der Waals surface area contributed by atoms with Crippen LogP contribution in [-0.4, -0.2) is 30.4 Å². The van der Waals surface area contributed by atoms with Crippen LogP contribution in [0.5, 0.6) is 0 Å². The molecule has 0 heterocycles. The zero-order valence-electron chi connectivity index (χ0n) is 9.38. The third kappa shape index (κ3) is 6.86. The van der Waals surface area contributed by atoms with E-state index >= 15 is 0 Å². The number of hydrogen-bond acceptors (Lipinski definition) is 3. The van der Waals surface area contributed by atoms with Crippen molar-refractivity contribution >= 4 is 5.91 Å². The van der Waals surface area contributed by atoms with E-state index in [9.17, 15) is 4.79 Å². The second-order valence-electron chi connectivity index (χ2n) is 3.51. The second kappa shape index (κ2) is 8.97. The summed E-state index contributed by atoms with van der Waals surface area (Å²) in [6, 6.07) is 0.